The molecule has 3 rings (SSSR count). The summed E-state index contributed by atoms with van der Waals surface area (Å²) in [6, 6.07) is 14.5. The fraction of sp³-hybridized carbons (Fsp3) is 0.381. The Kier molecular flexibility index (Phi) is 6.17. The number of anilines is 1. The second kappa shape index (κ2) is 8.43. The maximum Gasteiger partial charge on any atom is 0.243 e. The van der Waals surface area contributed by atoms with Crippen LogP contribution in [0.2, 0.25) is 0 Å². The molecule has 28 heavy (non-hydrogen) atoms. The van der Waals surface area contributed by atoms with Gasteiger partial charge in [0.15, 0.2) is 0 Å². The van der Waals surface area contributed by atoms with Crippen LogP contribution in [0.3, 0.4) is 0 Å². The summed E-state index contributed by atoms with van der Waals surface area (Å²) in [6.45, 7) is 5.58. The van der Waals surface area contributed by atoms with Crippen molar-refractivity contribution in [3.63, 3.8) is 0 Å². The van der Waals surface area contributed by atoms with Gasteiger partial charge in [-0.15, -0.1) is 0 Å². The van der Waals surface area contributed by atoms with Crippen LogP contribution in [0, 0.1) is 0 Å². The van der Waals surface area contributed by atoms with Crippen LogP contribution in [0.4, 0.5) is 5.69 Å². The third-order valence-corrected chi connectivity index (χ3v) is 7.17. The predicted octanol–water partition coefficient (Wildman–Crippen LogP) is 2.71. The van der Waals surface area contributed by atoms with E-state index in [1.54, 1.807) is 19.2 Å². The summed E-state index contributed by atoms with van der Waals surface area (Å²) in [6.07, 6.45) is 0.944. The van der Waals surface area contributed by atoms with Crippen molar-refractivity contribution in [1.82, 2.24) is 9.21 Å². The molecule has 7 heteroatoms. The molecule has 0 saturated heterocycles. The summed E-state index contributed by atoms with van der Waals surface area (Å²) < 4.78 is 26.3. The molecule has 0 aliphatic carbocycles. The monoisotopic (exact) mass is 401 g/mol. The van der Waals surface area contributed by atoms with E-state index in [-0.39, 0.29) is 16.8 Å². The lowest BCUT2D eigenvalue weighted by atomic mass is 10.00. The van der Waals surface area contributed by atoms with E-state index in [1.165, 1.54) is 27.6 Å². The summed E-state index contributed by atoms with van der Waals surface area (Å²) >= 11 is 0. The Morgan fingerprint density at radius 1 is 1.11 bits per heavy atom. The number of sulfonamides is 1. The van der Waals surface area contributed by atoms with Crippen LogP contribution in [-0.2, 0) is 27.8 Å². The molecule has 1 aliphatic heterocycles. The molecule has 150 valence electrons. The number of carbonyl (C=O) groups is 1. The van der Waals surface area contributed by atoms with Gasteiger partial charge in [0.1, 0.15) is 0 Å². The van der Waals surface area contributed by atoms with Crippen molar-refractivity contribution < 1.29 is 13.2 Å². The summed E-state index contributed by atoms with van der Waals surface area (Å²) in [5.74, 6) is -0.103. The third-order valence-electron chi connectivity index (χ3n) is 5.12. The largest absolute Gasteiger partial charge is 0.325 e. The molecule has 1 N–H and O–H groups in total. The van der Waals surface area contributed by atoms with Crippen molar-refractivity contribution in [1.29, 1.82) is 0 Å². The van der Waals surface area contributed by atoms with E-state index in [2.05, 4.69) is 22.3 Å². The zero-order chi connectivity index (χ0) is 20.3. The SMILES string of the molecule is CC(C)N(C)S(=O)(=O)c1ccc(NC(=O)CN2CCc3ccccc3C2)cc1. The van der Waals surface area contributed by atoms with Gasteiger partial charge in [0.2, 0.25) is 15.9 Å². The maximum absolute atomic E-state index is 12.5. The minimum Gasteiger partial charge on any atom is -0.325 e. The molecule has 1 heterocycles. The zero-order valence-electron chi connectivity index (χ0n) is 16.6. The van der Waals surface area contributed by atoms with Gasteiger partial charge in [-0.1, -0.05) is 24.3 Å². The highest BCUT2D eigenvalue weighted by Gasteiger charge is 2.23. The first kappa shape index (κ1) is 20.5. The third kappa shape index (κ3) is 4.60. The Morgan fingerprint density at radius 3 is 2.39 bits per heavy atom. The molecule has 0 saturated carbocycles. The van der Waals surface area contributed by atoms with Crippen molar-refractivity contribution in [2.45, 2.75) is 37.8 Å². The molecule has 2 aromatic rings. The van der Waals surface area contributed by atoms with Crippen LogP contribution in [0.15, 0.2) is 53.4 Å². The fourth-order valence-corrected chi connectivity index (χ4v) is 4.61. The van der Waals surface area contributed by atoms with Gasteiger partial charge < -0.3 is 5.32 Å². The standard InChI is InChI=1S/C21H27N3O3S/c1-16(2)23(3)28(26,27)20-10-8-19(9-11-20)22-21(25)15-24-13-12-17-6-4-5-7-18(17)14-24/h4-11,16H,12-15H2,1-3H3,(H,22,25). The van der Waals surface area contributed by atoms with Crippen LogP contribution in [0.1, 0.15) is 25.0 Å². The van der Waals surface area contributed by atoms with E-state index >= 15 is 0 Å². The summed E-state index contributed by atoms with van der Waals surface area (Å²) in [5, 5.41) is 2.85. The first-order chi connectivity index (χ1) is 13.3. The number of rotatable bonds is 6. The Bertz CT molecular complexity index is 940. The molecule has 2 aromatic carbocycles. The average molecular weight is 402 g/mol. The molecular weight excluding hydrogens is 374 g/mol. The van der Waals surface area contributed by atoms with E-state index in [0.717, 1.165) is 19.5 Å². The lowest BCUT2D eigenvalue weighted by Gasteiger charge is -2.28. The number of fused-ring (bicyclic) bond motifs is 1. The van der Waals surface area contributed by atoms with Crippen LogP contribution < -0.4 is 5.32 Å². The van der Waals surface area contributed by atoms with Gasteiger partial charge in [0, 0.05) is 31.9 Å². The molecule has 0 radical (unpaired) electrons. The van der Waals surface area contributed by atoms with Gasteiger partial charge in [-0.25, -0.2) is 8.42 Å². The van der Waals surface area contributed by atoms with Crippen LogP contribution in [-0.4, -0.2) is 49.7 Å². The maximum atomic E-state index is 12.5. The Balaban J connectivity index is 1.59. The van der Waals surface area contributed by atoms with Crippen molar-refractivity contribution in [2.75, 3.05) is 25.5 Å². The highest BCUT2D eigenvalue weighted by molar-refractivity contribution is 7.89. The summed E-state index contributed by atoms with van der Waals surface area (Å²) in [4.78, 5) is 14.7. The number of benzene rings is 2. The molecule has 0 unspecified atom stereocenters. The topological polar surface area (TPSA) is 69.7 Å². The van der Waals surface area contributed by atoms with Crippen molar-refractivity contribution >= 4 is 21.6 Å². The summed E-state index contributed by atoms with van der Waals surface area (Å²) in [7, 11) is -1.96. The van der Waals surface area contributed by atoms with Crippen LogP contribution >= 0.6 is 0 Å². The predicted molar refractivity (Wildman–Crippen MR) is 111 cm³/mol. The molecule has 1 amide bonds. The zero-order valence-corrected chi connectivity index (χ0v) is 17.4. The van der Waals surface area contributed by atoms with Gasteiger partial charge >= 0.3 is 0 Å². The van der Waals surface area contributed by atoms with Crippen LogP contribution in [0.25, 0.3) is 0 Å². The van der Waals surface area contributed by atoms with Gasteiger partial charge in [-0.3, -0.25) is 9.69 Å². The quantitative estimate of drug-likeness (QED) is 0.808. The lowest BCUT2D eigenvalue weighted by molar-refractivity contribution is -0.117. The Hall–Kier alpha value is -2.22. The molecular formula is C21H27N3O3S. The van der Waals surface area contributed by atoms with E-state index in [0.29, 0.717) is 12.2 Å². The minimum atomic E-state index is -3.52. The van der Waals surface area contributed by atoms with Gasteiger partial charge in [-0.2, -0.15) is 4.31 Å². The molecule has 0 spiro atoms. The molecule has 0 fully saturated rings. The van der Waals surface area contributed by atoms with E-state index in [9.17, 15) is 13.2 Å². The number of hydrogen-bond donors (Lipinski definition) is 1. The van der Waals surface area contributed by atoms with E-state index < -0.39 is 10.0 Å². The number of nitrogens with one attached hydrogen (secondary N) is 1. The van der Waals surface area contributed by atoms with Gasteiger partial charge in [0.25, 0.3) is 0 Å². The molecule has 0 aromatic heterocycles. The highest BCUT2D eigenvalue weighted by Crippen LogP contribution is 2.20. The number of carbonyl (C=O) groups excluding carboxylic acids is 1. The molecule has 1 aliphatic rings. The van der Waals surface area contributed by atoms with Crippen LogP contribution in [0.5, 0.6) is 0 Å². The first-order valence-electron chi connectivity index (χ1n) is 9.44. The molecule has 0 bridgehead atoms. The summed E-state index contributed by atoms with van der Waals surface area (Å²) in [5.41, 5.74) is 3.21. The average Bonchev–Trinajstić information content (AvgIpc) is 2.67. The van der Waals surface area contributed by atoms with E-state index in [1.807, 2.05) is 26.0 Å². The Morgan fingerprint density at radius 2 is 1.75 bits per heavy atom. The van der Waals surface area contributed by atoms with Gasteiger partial charge in [0.05, 0.1) is 11.4 Å². The first-order valence-corrected chi connectivity index (χ1v) is 10.9. The molecule has 6 nitrogen and oxygen atoms in total. The van der Waals surface area contributed by atoms with Gasteiger partial charge in [-0.05, 0) is 55.7 Å². The number of hydrogen-bond acceptors (Lipinski definition) is 4. The van der Waals surface area contributed by atoms with E-state index in [4.69, 9.17) is 0 Å². The van der Waals surface area contributed by atoms with Crippen molar-refractivity contribution in [3.05, 3.63) is 59.7 Å². The highest BCUT2D eigenvalue weighted by atomic mass is 32.2. The number of amides is 1. The second-order valence-electron chi connectivity index (χ2n) is 7.42. The smallest absolute Gasteiger partial charge is 0.243 e. The fourth-order valence-electron chi connectivity index (χ4n) is 3.25. The molecule has 0 atom stereocenters. The van der Waals surface area contributed by atoms with Crippen molar-refractivity contribution in [3.8, 4) is 0 Å². The second-order valence-corrected chi connectivity index (χ2v) is 9.41. The minimum absolute atomic E-state index is 0.103. The number of nitrogens with zero attached hydrogens (tertiary/aromatic N) is 2. The Labute approximate surface area is 167 Å². The van der Waals surface area contributed by atoms with Crippen molar-refractivity contribution in [2.24, 2.45) is 0 Å². The normalized spacial score (nSPS) is 14.9. The lowest BCUT2D eigenvalue weighted by Crippen LogP contribution is -2.37.